The standard InChI is InChI=1S/C19H17BrN2O4/c1-4-7-26-18-6-5-15(20)8-14(18)12-21-22-19(23)13-9-16(24-2)11-17(10-13)25-3/h1,5-6,8-12H,7H2,2-3H3,(H,22,23)/b21-12-. The predicted molar refractivity (Wildman–Crippen MR) is 103 cm³/mol. The highest BCUT2D eigenvalue weighted by Gasteiger charge is 2.09. The second-order valence-electron chi connectivity index (χ2n) is 4.98. The number of nitrogens with one attached hydrogen (secondary N) is 1. The van der Waals surface area contributed by atoms with Gasteiger partial charge in [0.05, 0.1) is 20.4 Å². The summed E-state index contributed by atoms with van der Waals surface area (Å²) >= 11 is 3.38. The van der Waals surface area contributed by atoms with E-state index in [-0.39, 0.29) is 6.61 Å². The molecule has 0 aliphatic carbocycles. The van der Waals surface area contributed by atoms with E-state index in [9.17, 15) is 4.79 Å². The molecule has 2 aromatic rings. The molecule has 0 fully saturated rings. The first-order valence-electron chi connectivity index (χ1n) is 7.49. The van der Waals surface area contributed by atoms with Crippen molar-refractivity contribution >= 4 is 28.1 Å². The number of hydrogen-bond acceptors (Lipinski definition) is 5. The summed E-state index contributed by atoms with van der Waals surface area (Å²) in [6, 6.07) is 10.2. The molecule has 0 unspecified atom stereocenters. The van der Waals surface area contributed by atoms with E-state index in [4.69, 9.17) is 20.6 Å². The van der Waals surface area contributed by atoms with Gasteiger partial charge in [0.1, 0.15) is 23.9 Å². The van der Waals surface area contributed by atoms with Crippen LogP contribution in [-0.4, -0.2) is 32.9 Å². The average molecular weight is 417 g/mol. The van der Waals surface area contributed by atoms with Gasteiger partial charge >= 0.3 is 0 Å². The fourth-order valence-electron chi connectivity index (χ4n) is 2.03. The molecular weight excluding hydrogens is 400 g/mol. The summed E-state index contributed by atoms with van der Waals surface area (Å²) in [6.07, 6.45) is 6.69. The summed E-state index contributed by atoms with van der Waals surface area (Å²) < 4.78 is 16.6. The zero-order chi connectivity index (χ0) is 18.9. The van der Waals surface area contributed by atoms with Crippen LogP contribution in [-0.2, 0) is 0 Å². The monoisotopic (exact) mass is 416 g/mol. The van der Waals surface area contributed by atoms with Gasteiger partial charge in [-0.1, -0.05) is 21.9 Å². The Morgan fingerprint density at radius 2 is 1.92 bits per heavy atom. The van der Waals surface area contributed by atoms with E-state index in [0.29, 0.717) is 28.4 Å². The van der Waals surface area contributed by atoms with Crippen LogP contribution < -0.4 is 19.6 Å². The first kappa shape index (κ1) is 19.3. The summed E-state index contributed by atoms with van der Waals surface area (Å²) in [5.41, 5.74) is 3.48. The van der Waals surface area contributed by atoms with Gasteiger partial charge in [-0.15, -0.1) is 6.42 Å². The van der Waals surface area contributed by atoms with E-state index in [1.165, 1.54) is 20.4 Å². The number of methoxy groups -OCH3 is 2. The maximum Gasteiger partial charge on any atom is 0.271 e. The molecule has 0 aromatic heterocycles. The SMILES string of the molecule is C#CCOc1ccc(Br)cc1/C=N\NC(=O)c1cc(OC)cc(OC)c1. The molecule has 0 atom stereocenters. The zero-order valence-electron chi connectivity index (χ0n) is 14.3. The van der Waals surface area contributed by atoms with Crippen molar-refractivity contribution in [2.45, 2.75) is 0 Å². The molecule has 0 spiro atoms. The molecule has 0 saturated carbocycles. The molecule has 0 radical (unpaired) electrons. The van der Waals surface area contributed by atoms with Crippen LogP contribution in [0.3, 0.4) is 0 Å². The Hall–Kier alpha value is -2.98. The maximum atomic E-state index is 12.3. The second kappa shape index (κ2) is 9.49. The van der Waals surface area contributed by atoms with Crippen molar-refractivity contribution in [3.63, 3.8) is 0 Å². The number of hydrazone groups is 1. The van der Waals surface area contributed by atoms with Gasteiger partial charge in [0.25, 0.3) is 5.91 Å². The number of amides is 1. The molecule has 2 rings (SSSR count). The van der Waals surface area contributed by atoms with Gasteiger partial charge in [0.15, 0.2) is 0 Å². The van der Waals surface area contributed by atoms with Crippen molar-refractivity contribution in [3.05, 3.63) is 52.0 Å². The lowest BCUT2D eigenvalue weighted by Gasteiger charge is -2.08. The minimum atomic E-state index is -0.403. The molecule has 2 aromatic carbocycles. The number of ether oxygens (including phenoxy) is 3. The quantitative estimate of drug-likeness (QED) is 0.427. The smallest absolute Gasteiger partial charge is 0.271 e. The molecule has 0 aliphatic rings. The van der Waals surface area contributed by atoms with Crippen LogP contribution in [0.15, 0.2) is 46.0 Å². The highest BCUT2D eigenvalue weighted by Crippen LogP contribution is 2.23. The van der Waals surface area contributed by atoms with Gasteiger partial charge in [0, 0.05) is 21.7 Å². The van der Waals surface area contributed by atoms with Gasteiger partial charge in [-0.25, -0.2) is 5.43 Å². The van der Waals surface area contributed by atoms with Crippen LogP contribution >= 0.6 is 15.9 Å². The van der Waals surface area contributed by atoms with Gasteiger partial charge in [-0.05, 0) is 30.3 Å². The van der Waals surface area contributed by atoms with E-state index in [0.717, 1.165) is 4.47 Å². The molecule has 0 heterocycles. The van der Waals surface area contributed by atoms with Crippen LogP contribution in [0.1, 0.15) is 15.9 Å². The fraction of sp³-hybridized carbons (Fsp3) is 0.158. The lowest BCUT2D eigenvalue weighted by atomic mass is 10.2. The predicted octanol–water partition coefficient (Wildman–Crippen LogP) is 3.24. The summed E-state index contributed by atoms with van der Waals surface area (Å²) in [7, 11) is 3.03. The summed E-state index contributed by atoms with van der Waals surface area (Å²) in [4.78, 5) is 12.3. The van der Waals surface area contributed by atoms with E-state index < -0.39 is 5.91 Å². The number of terminal acetylenes is 1. The third-order valence-electron chi connectivity index (χ3n) is 3.27. The van der Waals surface area contributed by atoms with Crippen LogP contribution in [0.5, 0.6) is 17.2 Å². The first-order chi connectivity index (χ1) is 12.6. The van der Waals surface area contributed by atoms with Gasteiger partial charge in [-0.3, -0.25) is 4.79 Å². The number of benzene rings is 2. The highest BCUT2D eigenvalue weighted by atomic mass is 79.9. The largest absolute Gasteiger partial charge is 0.497 e. The number of carbonyl (C=O) groups excluding carboxylic acids is 1. The Labute approximate surface area is 160 Å². The van der Waals surface area contributed by atoms with Crippen LogP contribution in [0.25, 0.3) is 0 Å². The molecule has 0 aliphatic heterocycles. The summed E-state index contributed by atoms with van der Waals surface area (Å²) in [5, 5.41) is 3.98. The van der Waals surface area contributed by atoms with E-state index in [2.05, 4.69) is 32.4 Å². The minimum Gasteiger partial charge on any atom is -0.497 e. The maximum absolute atomic E-state index is 12.3. The first-order valence-corrected chi connectivity index (χ1v) is 8.29. The molecule has 1 amide bonds. The van der Waals surface area contributed by atoms with Crippen LogP contribution in [0.4, 0.5) is 0 Å². The van der Waals surface area contributed by atoms with Crippen molar-refractivity contribution in [1.29, 1.82) is 0 Å². The highest BCUT2D eigenvalue weighted by molar-refractivity contribution is 9.10. The topological polar surface area (TPSA) is 69.2 Å². The third-order valence-corrected chi connectivity index (χ3v) is 3.76. The lowest BCUT2D eigenvalue weighted by Crippen LogP contribution is -2.17. The van der Waals surface area contributed by atoms with Crippen molar-refractivity contribution < 1.29 is 19.0 Å². The van der Waals surface area contributed by atoms with Crippen LogP contribution in [0, 0.1) is 12.3 Å². The Morgan fingerprint density at radius 1 is 1.23 bits per heavy atom. The van der Waals surface area contributed by atoms with Gasteiger partial charge in [0.2, 0.25) is 0 Å². The molecule has 1 N–H and O–H groups in total. The molecule has 0 saturated heterocycles. The Morgan fingerprint density at radius 3 is 2.54 bits per heavy atom. The normalized spacial score (nSPS) is 10.2. The summed E-state index contributed by atoms with van der Waals surface area (Å²) in [5.74, 6) is 3.58. The van der Waals surface area contributed by atoms with E-state index in [1.54, 1.807) is 30.3 Å². The third kappa shape index (κ3) is 5.26. The second-order valence-corrected chi connectivity index (χ2v) is 5.89. The van der Waals surface area contributed by atoms with Crippen molar-refractivity contribution in [2.24, 2.45) is 5.10 Å². The number of nitrogens with zero attached hydrogens (tertiary/aromatic N) is 1. The zero-order valence-corrected chi connectivity index (χ0v) is 15.9. The number of rotatable bonds is 7. The molecule has 6 nitrogen and oxygen atoms in total. The Kier molecular flexibility index (Phi) is 7.06. The van der Waals surface area contributed by atoms with Crippen molar-refractivity contribution in [2.75, 3.05) is 20.8 Å². The van der Waals surface area contributed by atoms with Gasteiger partial charge in [-0.2, -0.15) is 5.10 Å². The molecule has 26 heavy (non-hydrogen) atoms. The Balaban J connectivity index is 2.14. The number of halogens is 1. The lowest BCUT2D eigenvalue weighted by molar-refractivity contribution is 0.0954. The molecular formula is C19H17BrN2O4. The van der Waals surface area contributed by atoms with Crippen LogP contribution in [0.2, 0.25) is 0 Å². The molecule has 7 heteroatoms. The average Bonchev–Trinajstić information content (AvgIpc) is 2.66. The van der Waals surface area contributed by atoms with Crippen molar-refractivity contribution in [3.8, 4) is 29.6 Å². The van der Waals surface area contributed by atoms with E-state index in [1.807, 2.05) is 6.07 Å². The van der Waals surface area contributed by atoms with E-state index >= 15 is 0 Å². The fourth-order valence-corrected chi connectivity index (χ4v) is 2.41. The van der Waals surface area contributed by atoms with Crippen molar-refractivity contribution in [1.82, 2.24) is 5.43 Å². The van der Waals surface area contributed by atoms with Gasteiger partial charge < -0.3 is 14.2 Å². The molecule has 134 valence electrons. The number of carbonyl (C=O) groups is 1. The minimum absolute atomic E-state index is 0.137. The Bertz CT molecular complexity index is 837. The number of hydrogen-bond donors (Lipinski definition) is 1. The summed E-state index contributed by atoms with van der Waals surface area (Å²) in [6.45, 7) is 0.137. The molecule has 0 bridgehead atoms.